The third kappa shape index (κ3) is 5.11. The molecule has 0 saturated heterocycles. The second-order valence-electron chi connectivity index (χ2n) is 5.82. The minimum atomic E-state index is 0.0185. The summed E-state index contributed by atoms with van der Waals surface area (Å²) in [6, 6.07) is 0.0340. The Kier molecular flexibility index (Phi) is 7.39. The molecule has 19 heavy (non-hydrogen) atoms. The summed E-state index contributed by atoms with van der Waals surface area (Å²) < 4.78 is 0. The van der Waals surface area contributed by atoms with Crippen molar-refractivity contribution in [2.24, 2.45) is 17.6 Å². The lowest BCUT2D eigenvalue weighted by molar-refractivity contribution is -0.127. The predicted octanol–water partition coefficient (Wildman–Crippen LogP) is 1.60. The van der Waals surface area contributed by atoms with Crippen LogP contribution in [0.4, 0.5) is 0 Å². The molecular formula is C15H31N3O. The van der Waals surface area contributed by atoms with Gasteiger partial charge in [-0.3, -0.25) is 4.79 Å². The van der Waals surface area contributed by atoms with Gasteiger partial charge in [-0.2, -0.15) is 0 Å². The first kappa shape index (κ1) is 16.4. The van der Waals surface area contributed by atoms with E-state index < -0.39 is 0 Å². The lowest BCUT2D eigenvalue weighted by Gasteiger charge is -2.33. The second-order valence-corrected chi connectivity index (χ2v) is 5.82. The Bertz CT molecular complexity index is 270. The van der Waals surface area contributed by atoms with E-state index in [4.69, 9.17) is 5.73 Å². The zero-order chi connectivity index (χ0) is 14.3. The highest BCUT2D eigenvalue weighted by molar-refractivity contribution is 5.79. The van der Waals surface area contributed by atoms with Crippen molar-refractivity contribution in [2.45, 2.75) is 52.5 Å². The second kappa shape index (κ2) is 8.54. The van der Waals surface area contributed by atoms with E-state index in [9.17, 15) is 4.79 Å². The van der Waals surface area contributed by atoms with Crippen molar-refractivity contribution in [3.8, 4) is 0 Å². The van der Waals surface area contributed by atoms with Gasteiger partial charge in [0, 0.05) is 19.1 Å². The van der Waals surface area contributed by atoms with Crippen molar-refractivity contribution in [3.05, 3.63) is 0 Å². The fourth-order valence-electron chi connectivity index (χ4n) is 2.96. The fourth-order valence-corrected chi connectivity index (χ4v) is 2.96. The molecule has 1 fully saturated rings. The van der Waals surface area contributed by atoms with Crippen LogP contribution < -0.4 is 11.1 Å². The molecule has 0 spiro atoms. The van der Waals surface area contributed by atoms with E-state index >= 15 is 0 Å². The number of nitrogens with zero attached hydrogens (tertiary/aromatic N) is 1. The van der Waals surface area contributed by atoms with E-state index in [1.54, 1.807) is 0 Å². The molecule has 0 radical (unpaired) electrons. The zero-order valence-corrected chi connectivity index (χ0v) is 12.8. The molecule has 0 aromatic heterocycles. The van der Waals surface area contributed by atoms with E-state index in [1.165, 1.54) is 0 Å². The number of nitrogens with two attached hydrogens (primary N) is 1. The van der Waals surface area contributed by atoms with Gasteiger partial charge in [-0.15, -0.1) is 0 Å². The molecule has 1 aliphatic carbocycles. The molecule has 4 nitrogen and oxygen atoms in total. The minimum Gasteiger partial charge on any atom is -0.355 e. The standard InChI is InChI=1S/C15H31N3O/c1-4-10-18(5-2)11-9-17-15(19)13-8-6-7-12(3)14(13)16/h12-14H,4-11,16H2,1-3H3,(H,17,19). The number of likely N-dealkylation sites (N-methyl/N-ethyl adjacent to an activating group) is 1. The molecule has 3 N–H and O–H groups in total. The first-order valence-corrected chi connectivity index (χ1v) is 7.85. The zero-order valence-electron chi connectivity index (χ0n) is 12.8. The maximum absolute atomic E-state index is 12.2. The summed E-state index contributed by atoms with van der Waals surface area (Å²) in [4.78, 5) is 14.5. The number of carbonyl (C=O) groups is 1. The average molecular weight is 269 g/mol. The van der Waals surface area contributed by atoms with Crippen LogP contribution >= 0.6 is 0 Å². The normalized spacial score (nSPS) is 27.5. The molecule has 1 amide bonds. The molecule has 3 unspecified atom stereocenters. The number of hydrogen-bond acceptors (Lipinski definition) is 3. The van der Waals surface area contributed by atoms with E-state index in [1.807, 2.05) is 0 Å². The molecule has 1 saturated carbocycles. The molecule has 0 heterocycles. The number of carbonyl (C=O) groups excluding carboxylic acids is 1. The molecule has 3 atom stereocenters. The number of hydrogen-bond donors (Lipinski definition) is 2. The van der Waals surface area contributed by atoms with Crippen LogP contribution in [0.15, 0.2) is 0 Å². The average Bonchev–Trinajstić information content (AvgIpc) is 2.40. The predicted molar refractivity (Wildman–Crippen MR) is 79.9 cm³/mol. The van der Waals surface area contributed by atoms with Crippen LogP contribution in [-0.4, -0.2) is 43.0 Å². The Morgan fingerprint density at radius 3 is 2.68 bits per heavy atom. The summed E-state index contributed by atoms with van der Waals surface area (Å²) in [6.45, 7) is 10.3. The van der Waals surface area contributed by atoms with Crippen LogP contribution in [0.2, 0.25) is 0 Å². The van der Waals surface area contributed by atoms with E-state index in [-0.39, 0.29) is 17.9 Å². The molecule has 0 bridgehead atoms. The van der Waals surface area contributed by atoms with Gasteiger partial charge in [-0.05, 0) is 38.3 Å². The largest absolute Gasteiger partial charge is 0.355 e. The molecule has 0 aliphatic heterocycles. The Morgan fingerprint density at radius 1 is 1.32 bits per heavy atom. The highest BCUT2D eigenvalue weighted by Crippen LogP contribution is 2.27. The Balaban J connectivity index is 2.30. The Labute approximate surface area is 118 Å². The molecule has 0 aromatic carbocycles. The van der Waals surface area contributed by atoms with Gasteiger partial charge in [0.15, 0.2) is 0 Å². The van der Waals surface area contributed by atoms with E-state index in [0.717, 1.165) is 51.9 Å². The molecule has 4 heteroatoms. The van der Waals surface area contributed by atoms with Crippen molar-refractivity contribution in [1.29, 1.82) is 0 Å². The van der Waals surface area contributed by atoms with Crippen molar-refractivity contribution in [2.75, 3.05) is 26.2 Å². The van der Waals surface area contributed by atoms with Crippen molar-refractivity contribution < 1.29 is 4.79 Å². The maximum atomic E-state index is 12.2. The number of nitrogens with one attached hydrogen (secondary N) is 1. The third-order valence-electron chi connectivity index (χ3n) is 4.35. The van der Waals surface area contributed by atoms with Gasteiger partial charge in [-0.1, -0.05) is 27.2 Å². The first-order chi connectivity index (χ1) is 9.10. The number of rotatable bonds is 7. The lowest BCUT2D eigenvalue weighted by Crippen LogP contribution is -2.48. The summed E-state index contributed by atoms with van der Waals surface area (Å²) in [7, 11) is 0. The summed E-state index contributed by atoms with van der Waals surface area (Å²) in [5, 5.41) is 3.07. The smallest absolute Gasteiger partial charge is 0.224 e. The summed E-state index contributed by atoms with van der Waals surface area (Å²) >= 11 is 0. The fraction of sp³-hybridized carbons (Fsp3) is 0.933. The lowest BCUT2D eigenvalue weighted by atomic mass is 9.78. The van der Waals surface area contributed by atoms with Gasteiger partial charge in [0.1, 0.15) is 0 Å². The molecule has 0 aromatic rings. The van der Waals surface area contributed by atoms with Gasteiger partial charge in [0.25, 0.3) is 0 Å². The van der Waals surface area contributed by atoms with Gasteiger partial charge in [0.2, 0.25) is 5.91 Å². The van der Waals surface area contributed by atoms with Crippen molar-refractivity contribution >= 4 is 5.91 Å². The van der Waals surface area contributed by atoms with Crippen molar-refractivity contribution in [3.63, 3.8) is 0 Å². The summed E-state index contributed by atoms with van der Waals surface area (Å²) in [5.74, 6) is 0.647. The van der Waals surface area contributed by atoms with Crippen LogP contribution in [-0.2, 0) is 4.79 Å². The monoisotopic (exact) mass is 269 g/mol. The third-order valence-corrected chi connectivity index (χ3v) is 4.35. The van der Waals surface area contributed by atoms with Gasteiger partial charge in [0.05, 0.1) is 5.92 Å². The van der Waals surface area contributed by atoms with Crippen molar-refractivity contribution in [1.82, 2.24) is 10.2 Å². The SMILES string of the molecule is CCCN(CC)CCNC(=O)C1CCCC(C)C1N. The van der Waals surface area contributed by atoms with Crippen LogP contribution in [0.1, 0.15) is 46.5 Å². The maximum Gasteiger partial charge on any atom is 0.224 e. The molecular weight excluding hydrogens is 238 g/mol. The minimum absolute atomic E-state index is 0.0185. The van der Waals surface area contributed by atoms with Crippen LogP contribution in [0.5, 0.6) is 0 Å². The number of amides is 1. The van der Waals surface area contributed by atoms with Gasteiger partial charge in [-0.25, -0.2) is 0 Å². The summed E-state index contributed by atoms with van der Waals surface area (Å²) in [6.07, 6.45) is 4.39. The van der Waals surface area contributed by atoms with Gasteiger partial charge >= 0.3 is 0 Å². The topological polar surface area (TPSA) is 58.4 Å². The molecule has 1 rings (SSSR count). The summed E-state index contributed by atoms with van der Waals surface area (Å²) in [5.41, 5.74) is 6.16. The highest BCUT2D eigenvalue weighted by Gasteiger charge is 2.32. The van der Waals surface area contributed by atoms with Crippen LogP contribution in [0.25, 0.3) is 0 Å². The Morgan fingerprint density at radius 2 is 2.05 bits per heavy atom. The Hall–Kier alpha value is -0.610. The quantitative estimate of drug-likeness (QED) is 0.738. The highest BCUT2D eigenvalue weighted by atomic mass is 16.1. The molecule has 112 valence electrons. The molecule has 1 aliphatic rings. The van der Waals surface area contributed by atoms with E-state index in [2.05, 4.69) is 31.0 Å². The van der Waals surface area contributed by atoms with E-state index in [0.29, 0.717) is 5.92 Å². The van der Waals surface area contributed by atoms with Gasteiger partial charge < -0.3 is 16.0 Å². The van der Waals surface area contributed by atoms with Crippen LogP contribution in [0, 0.1) is 11.8 Å². The first-order valence-electron chi connectivity index (χ1n) is 7.85. The van der Waals surface area contributed by atoms with Crippen LogP contribution in [0.3, 0.4) is 0 Å².